The van der Waals surface area contributed by atoms with Crippen LogP contribution in [0.4, 0.5) is 0 Å². The molecule has 2 aliphatic rings. The summed E-state index contributed by atoms with van der Waals surface area (Å²) < 4.78 is 9.17. The Kier molecular flexibility index (Phi) is 6.85. The minimum absolute atomic E-state index is 1.25. The van der Waals surface area contributed by atoms with Crippen molar-refractivity contribution in [1.29, 1.82) is 0 Å². The summed E-state index contributed by atoms with van der Waals surface area (Å²) in [5.41, 5.74) is 0. The molecule has 0 aromatic carbocycles. The van der Waals surface area contributed by atoms with Crippen molar-refractivity contribution in [1.82, 2.24) is 5.32 Å². The topological polar surface area (TPSA) is 30.5 Å². The molecular weight excluding hydrogens is 178 g/mol. The van der Waals surface area contributed by atoms with Crippen LogP contribution in [0.1, 0.15) is 32.1 Å². The highest BCUT2D eigenvalue weighted by Crippen LogP contribution is 2.03. The molecule has 0 amide bonds. The fourth-order valence-electron chi connectivity index (χ4n) is 1.37. The van der Waals surface area contributed by atoms with Gasteiger partial charge in [-0.2, -0.15) is 0 Å². The Morgan fingerprint density at radius 3 is 1.50 bits per heavy atom. The SMILES string of the molecule is C1=COC=CO1.C1CCCNCCC1. The third-order valence-corrected chi connectivity index (χ3v) is 2.13. The summed E-state index contributed by atoms with van der Waals surface area (Å²) in [6.45, 7) is 2.50. The van der Waals surface area contributed by atoms with Gasteiger partial charge in [-0.3, -0.25) is 0 Å². The van der Waals surface area contributed by atoms with Crippen LogP contribution in [0.3, 0.4) is 0 Å². The Hall–Kier alpha value is -0.960. The van der Waals surface area contributed by atoms with Gasteiger partial charge < -0.3 is 14.8 Å². The molecule has 1 fully saturated rings. The van der Waals surface area contributed by atoms with E-state index >= 15 is 0 Å². The van der Waals surface area contributed by atoms with Crippen molar-refractivity contribution < 1.29 is 9.47 Å². The lowest BCUT2D eigenvalue weighted by Gasteiger charge is -2.08. The molecule has 0 radical (unpaired) electrons. The van der Waals surface area contributed by atoms with Crippen molar-refractivity contribution in [2.75, 3.05) is 13.1 Å². The quantitative estimate of drug-likeness (QED) is 0.647. The molecule has 0 unspecified atom stereocenters. The molecule has 0 aromatic rings. The fraction of sp³-hybridized carbons (Fsp3) is 0.636. The van der Waals surface area contributed by atoms with Gasteiger partial charge in [0.2, 0.25) is 0 Å². The zero-order chi connectivity index (χ0) is 9.90. The molecule has 3 heteroatoms. The van der Waals surface area contributed by atoms with Crippen molar-refractivity contribution in [3.05, 3.63) is 25.0 Å². The molecule has 0 saturated carbocycles. The first-order valence-electron chi connectivity index (χ1n) is 5.32. The second-order valence-electron chi connectivity index (χ2n) is 3.33. The van der Waals surface area contributed by atoms with Crippen LogP contribution in [-0.4, -0.2) is 13.1 Å². The van der Waals surface area contributed by atoms with Crippen LogP contribution in [-0.2, 0) is 9.47 Å². The third-order valence-electron chi connectivity index (χ3n) is 2.13. The largest absolute Gasteiger partial charge is 0.466 e. The Labute approximate surface area is 85.8 Å². The van der Waals surface area contributed by atoms with Gasteiger partial charge in [0.25, 0.3) is 0 Å². The molecule has 1 N–H and O–H groups in total. The lowest BCUT2D eigenvalue weighted by molar-refractivity contribution is 0.290. The molecule has 0 aliphatic carbocycles. The van der Waals surface area contributed by atoms with Crippen molar-refractivity contribution in [3.63, 3.8) is 0 Å². The van der Waals surface area contributed by atoms with Crippen LogP contribution in [0.25, 0.3) is 0 Å². The molecule has 0 bridgehead atoms. The molecule has 1 saturated heterocycles. The second-order valence-corrected chi connectivity index (χ2v) is 3.33. The van der Waals surface area contributed by atoms with E-state index in [1.54, 1.807) is 0 Å². The Morgan fingerprint density at radius 2 is 1.07 bits per heavy atom. The monoisotopic (exact) mass is 197 g/mol. The average molecular weight is 197 g/mol. The summed E-state index contributed by atoms with van der Waals surface area (Å²) in [7, 11) is 0. The van der Waals surface area contributed by atoms with Gasteiger partial charge in [-0.25, -0.2) is 0 Å². The summed E-state index contributed by atoms with van der Waals surface area (Å²) >= 11 is 0. The first kappa shape index (κ1) is 11.1. The maximum Gasteiger partial charge on any atom is 0.125 e. The molecule has 2 rings (SSSR count). The standard InChI is InChI=1S/C7H15N.C4H4O2/c1-2-4-6-8-7-5-3-1;1-2-6-4-3-5-1/h8H,1-7H2;1-4H. The number of hydrogen-bond acceptors (Lipinski definition) is 3. The van der Waals surface area contributed by atoms with Crippen LogP contribution < -0.4 is 5.32 Å². The molecule has 0 spiro atoms. The molecule has 3 nitrogen and oxygen atoms in total. The van der Waals surface area contributed by atoms with Crippen LogP contribution in [0.2, 0.25) is 0 Å². The van der Waals surface area contributed by atoms with E-state index in [1.807, 2.05) is 0 Å². The van der Waals surface area contributed by atoms with E-state index in [-0.39, 0.29) is 0 Å². The number of hydrogen-bond donors (Lipinski definition) is 1. The van der Waals surface area contributed by atoms with Crippen molar-refractivity contribution in [2.24, 2.45) is 0 Å². The van der Waals surface area contributed by atoms with E-state index < -0.39 is 0 Å². The molecule has 0 aromatic heterocycles. The maximum atomic E-state index is 4.58. The minimum Gasteiger partial charge on any atom is -0.466 e. The molecule has 80 valence electrons. The molecule has 2 aliphatic heterocycles. The molecule has 2 heterocycles. The highest BCUT2D eigenvalue weighted by molar-refractivity contribution is 4.77. The summed E-state index contributed by atoms with van der Waals surface area (Å²) in [4.78, 5) is 0. The summed E-state index contributed by atoms with van der Waals surface area (Å²) in [6, 6.07) is 0. The van der Waals surface area contributed by atoms with E-state index in [4.69, 9.17) is 0 Å². The minimum atomic E-state index is 1.25. The van der Waals surface area contributed by atoms with Crippen molar-refractivity contribution in [2.45, 2.75) is 32.1 Å². The van der Waals surface area contributed by atoms with Gasteiger partial charge in [-0.1, -0.05) is 19.3 Å². The molecule has 0 atom stereocenters. The van der Waals surface area contributed by atoms with E-state index in [0.717, 1.165) is 0 Å². The van der Waals surface area contributed by atoms with Gasteiger partial charge in [0.05, 0.1) is 0 Å². The number of ether oxygens (including phenoxy) is 2. The zero-order valence-electron chi connectivity index (χ0n) is 8.58. The maximum absolute atomic E-state index is 4.58. The summed E-state index contributed by atoms with van der Waals surface area (Å²) in [5.74, 6) is 0. The zero-order valence-corrected chi connectivity index (χ0v) is 8.58. The predicted molar refractivity (Wildman–Crippen MR) is 56.4 cm³/mol. The van der Waals surface area contributed by atoms with E-state index in [0.29, 0.717) is 0 Å². The van der Waals surface area contributed by atoms with Gasteiger partial charge in [-0.15, -0.1) is 0 Å². The van der Waals surface area contributed by atoms with E-state index in [1.165, 1.54) is 70.2 Å². The highest BCUT2D eigenvalue weighted by atomic mass is 16.5. The smallest absolute Gasteiger partial charge is 0.125 e. The summed E-state index contributed by atoms with van der Waals surface area (Å²) in [6.07, 6.45) is 12.9. The van der Waals surface area contributed by atoms with Gasteiger partial charge in [0, 0.05) is 0 Å². The third kappa shape index (κ3) is 6.54. The fourth-order valence-corrected chi connectivity index (χ4v) is 1.37. The Balaban J connectivity index is 0.000000146. The van der Waals surface area contributed by atoms with Crippen LogP contribution in [0, 0.1) is 0 Å². The number of nitrogens with one attached hydrogen (secondary N) is 1. The van der Waals surface area contributed by atoms with Gasteiger partial charge in [0.15, 0.2) is 0 Å². The van der Waals surface area contributed by atoms with Crippen LogP contribution in [0.5, 0.6) is 0 Å². The van der Waals surface area contributed by atoms with Crippen LogP contribution >= 0.6 is 0 Å². The van der Waals surface area contributed by atoms with E-state index in [2.05, 4.69) is 14.8 Å². The van der Waals surface area contributed by atoms with Crippen molar-refractivity contribution >= 4 is 0 Å². The highest BCUT2D eigenvalue weighted by Gasteiger charge is 1.94. The number of rotatable bonds is 0. The lowest BCUT2D eigenvalue weighted by atomic mass is 10.1. The normalized spacial score (nSPS) is 20.6. The second kappa shape index (κ2) is 8.63. The van der Waals surface area contributed by atoms with Crippen LogP contribution in [0.15, 0.2) is 25.0 Å². The first-order valence-corrected chi connectivity index (χ1v) is 5.32. The lowest BCUT2D eigenvalue weighted by Crippen LogP contribution is -2.18. The predicted octanol–water partition coefficient (Wildman–Crippen LogP) is 2.52. The first-order chi connectivity index (χ1) is 7.00. The van der Waals surface area contributed by atoms with Gasteiger partial charge in [0.1, 0.15) is 25.0 Å². The summed E-state index contributed by atoms with van der Waals surface area (Å²) in [5, 5.41) is 3.39. The van der Waals surface area contributed by atoms with Crippen molar-refractivity contribution in [3.8, 4) is 0 Å². The Morgan fingerprint density at radius 1 is 0.643 bits per heavy atom. The van der Waals surface area contributed by atoms with Gasteiger partial charge >= 0.3 is 0 Å². The average Bonchev–Trinajstić information content (AvgIpc) is 2.20. The van der Waals surface area contributed by atoms with Gasteiger partial charge in [-0.05, 0) is 25.9 Å². The Bertz CT molecular complexity index is 134. The molecule has 14 heavy (non-hydrogen) atoms. The molecular formula is C11H19NO2. The van der Waals surface area contributed by atoms with E-state index in [9.17, 15) is 0 Å².